The molecule has 118 valence electrons. The molecule has 0 saturated heterocycles. The molecule has 0 bridgehead atoms. The molecule has 0 aliphatic rings. The molecule has 21 heavy (non-hydrogen) atoms. The van der Waals surface area contributed by atoms with E-state index in [1.54, 1.807) is 0 Å². The van der Waals surface area contributed by atoms with Crippen molar-refractivity contribution in [2.75, 3.05) is 12.4 Å². The number of rotatable bonds is 6. The first-order chi connectivity index (χ1) is 9.83. The lowest BCUT2D eigenvalue weighted by molar-refractivity contribution is 0.248. The third-order valence-electron chi connectivity index (χ3n) is 3.01. The number of hydrogen-bond donors (Lipinski definition) is 2. The minimum atomic E-state index is -0.861. The van der Waals surface area contributed by atoms with E-state index in [2.05, 4.69) is 29.2 Å². The first kappa shape index (κ1) is 17.2. The Balaban J connectivity index is 2.59. The Morgan fingerprint density at radius 3 is 2.24 bits per heavy atom. The molecule has 2 N–H and O–H groups in total. The number of ether oxygens (including phenoxy) is 1. The van der Waals surface area contributed by atoms with Gasteiger partial charge < -0.3 is 15.4 Å². The molecular formula is C15H22F2N2O2. The molecule has 4 nitrogen and oxygen atoms in total. The average Bonchev–Trinajstić information content (AvgIpc) is 2.35. The summed E-state index contributed by atoms with van der Waals surface area (Å²) in [4.78, 5) is 11.7. The first-order valence-corrected chi connectivity index (χ1v) is 6.94. The number of benzene rings is 1. The molecule has 1 unspecified atom stereocenters. The molecule has 6 heteroatoms. The zero-order valence-electron chi connectivity index (χ0n) is 12.8. The Kier molecular flexibility index (Phi) is 6.39. The lowest BCUT2D eigenvalue weighted by Gasteiger charge is -2.16. The maximum absolute atomic E-state index is 13.5. The predicted molar refractivity (Wildman–Crippen MR) is 78.6 cm³/mol. The van der Waals surface area contributed by atoms with Gasteiger partial charge in [0, 0.05) is 23.9 Å². The van der Waals surface area contributed by atoms with Crippen molar-refractivity contribution in [1.29, 1.82) is 0 Å². The van der Waals surface area contributed by atoms with Gasteiger partial charge in [-0.15, -0.1) is 0 Å². The highest BCUT2D eigenvalue weighted by atomic mass is 19.1. The van der Waals surface area contributed by atoms with Crippen LogP contribution in [0.2, 0.25) is 0 Å². The van der Waals surface area contributed by atoms with Crippen molar-refractivity contribution < 1.29 is 18.3 Å². The van der Waals surface area contributed by atoms with Crippen molar-refractivity contribution >= 4 is 11.7 Å². The van der Waals surface area contributed by atoms with Gasteiger partial charge in [-0.1, -0.05) is 13.8 Å². The van der Waals surface area contributed by atoms with E-state index in [9.17, 15) is 13.6 Å². The van der Waals surface area contributed by atoms with Gasteiger partial charge in [-0.2, -0.15) is 0 Å². The van der Waals surface area contributed by atoms with Gasteiger partial charge in [0.25, 0.3) is 0 Å². The zero-order valence-corrected chi connectivity index (χ0v) is 12.8. The van der Waals surface area contributed by atoms with Crippen molar-refractivity contribution in [2.24, 2.45) is 5.92 Å². The van der Waals surface area contributed by atoms with E-state index in [4.69, 9.17) is 0 Å². The molecule has 0 spiro atoms. The second-order valence-electron chi connectivity index (χ2n) is 5.44. The molecule has 2 amide bonds. The highest BCUT2D eigenvalue weighted by Crippen LogP contribution is 2.25. The van der Waals surface area contributed by atoms with Crippen LogP contribution in [-0.2, 0) is 0 Å². The van der Waals surface area contributed by atoms with Gasteiger partial charge in [-0.25, -0.2) is 13.6 Å². The summed E-state index contributed by atoms with van der Waals surface area (Å²) in [7, 11) is 1.18. The summed E-state index contributed by atoms with van der Waals surface area (Å²) >= 11 is 0. The van der Waals surface area contributed by atoms with Crippen LogP contribution in [0.5, 0.6) is 5.75 Å². The maximum atomic E-state index is 13.5. The number of nitrogens with one attached hydrogen (secondary N) is 2. The van der Waals surface area contributed by atoms with Crippen molar-refractivity contribution in [3.8, 4) is 5.75 Å². The topological polar surface area (TPSA) is 50.4 Å². The molecule has 0 saturated carbocycles. The largest absolute Gasteiger partial charge is 0.491 e. The Hall–Kier alpha value is -1.85. The van der Waals surface area contributed by atoms with Crippen LogP contribution < -0.4 is 15.4 Å². The molecule has 0 radical (unpaired) electrons. The lowest BCUT2D eigenvalue weighted by Crippen LogP contribution is -2.36. The van der Waals surface area contributed by atoms with Crippen LogP contribution in [-0.4, -0.2) is 19.2 Å². The number of hydrogen-bond acceptors (Lipinski definition) is 2. The molecule has 0 aliphatic heterocycles. The Labute approximate surface area is 123 Å². The Morgan fingerprint density at radius 2 is 1.76 bits per heavy atom. The van der Waals surface area contributed by atoms with Gasteiger partial charge in [0.2, 0.25) is 0 Å². The third kappa shape index (κ3) is 5.57. The number of anilines is 1. The van der Waals surface area contributed by atoms with Gasteiger partial charge in [0.05, 0.1) is 7.11 Å². The van der Waals surface area contributed by atoms with E-state index in [-0.39, 0.29) is 11.7 Å². The van der Waals surface area contributed by atoms with E-state index < -0.39 is 23.4 Å². The number of urea groups is 1. The number of amides is 2. The summed E-state index contributed by atoms with van der Waals surface area (Å²) in [6.45, 7) is 6.10. The van der Waals surface area contributed by atoms with Gasteiger partial charge in [-0.05, 0) is 25.7 Å². The summed E-state index contributed by atoms with van der Waals surface area (Å²) in [5.74, 6) is -1.63. The second-order valence-corrected chi connectivity index (χ2v) is 5.44. The van der Waals surface area contributed by atoms with Crippen molar-refractivity contribution in [2.45, 2.75) is 39.7 Å². The van der Waals surface area contributed by atoms with E-state index in [0.717, 1.165) is 25.0 Å². The summed E-state index contributed by atoms with van der Waals surface area (Å²) in [6, 6.07) is 1.52. The fourth-order valence-electron chi connectivity index (χ4n) is 1.87. The Morgan fingerprint density at radius 1 is 1.19 bits per heavy atom. The summed E-state index contributed by atoms with van der Waals surface area (Å²) in [6.07, 6.45) is 1.84. The monoisotopic (exact) mass is 300 g/mol. The van der Waals surface area contributed by atoms with E-state index in [1.165, 1.54) is 7.11 Å². The van der Waals surface area contributed by atoms with Crippen LogP contribution in [0.25, 0.3) is 0 Å². The number of carbonyl (C=O) groups excluding carboxylic acids is 1. The third-order valence-corrected chi connectivity index (χ3v) is 3.01. The average molecular weight is 300 g/mol. The SMILES string of the molecule is COc1c(F)cc(NC(=O)NC(C)CCC(C)C)cc1F. The molecule has 1 atom stereocenters. The standard InChI is InChI=1S/C15H22F2N2O2/c1-9(2)5-6-10(3)18-15(20)19-11-7-12(16)14(21-4)13(17)8-11/h7-10H,5-6H2,1-4H3,(H2,18,19,20). The van der Waals surface area contributed by atoms with Gasteiger partial charge in [-0.3, -0.25) is 0 Å². The molecule has 1 aromatic rings. The van der Waals surface area contributed by atoms with Crippen LogP contribution in [0, 0.1) is 17.6 Å². The molecule has 0 aliphatic carbocycles. The van der Waals surface area contributed by atoms with Crippen molar-refractivity contribution in [1.82, 2.24) is 5.32 Å². The summed E-state index contributed by atoms with van der Waals surface area (Å²) in [5.41, 5.74) is 0.0411. The molecular weight excluding hydrogens is 278 g/mol. The smallest absolute Gasteiger partial charge is 0.319 e. The summed E-state index contributed by atoms with van der Waals surface area (Å²) in [5, 5.41) is 5.13. The van der Waals surface area contributed by atoms with Crippen LogP contribution in [0.3, 0.4) is 0 Å². The highest BCUT2D eigenvalue weighted by molar-refractivity contribution is 5.89. The van der Waals surface area contributed by atoms with Gasteiger partial charge in [0.15, 0.2) is 17.4 Å². The molecule has 0 aromatic heterocycles. The normalized spacial score (nSPS) is 12.1. The minimum Gasteiger partial charge on any atom is -0.491 e. The number of halogens is 2. The maximum Gasteiger partial charge on any atom is 0.319 e. The van der Waals surface area contributed by atoms with Gasteiger partial charge >= 0.3 is 6.03 Å². The molecule has 1 aromatic carbocycles. The highest BCUT2D eigenvalue weighted by Gasteiger charge is 2.14. The predicted octanol–water partition coefficient (Wildman–Crippen LogP) is 3.92. The summed E-state index contributed by atoms with van der Waals surface area (Å²) < 4.78 is 31.6. The van der Waals surface area contributed by atoms with Crippen LogP contribution in [0.1, 0.15) is 33.6 Å². The van der Waals surface area contributed by atoms with Crippen LogP contribution in [0.4, 0.5) is 19.3 Å². The second kappa shape index (κ2) is 7.81. The Bertz CT molecular complexity index is 470. The quantitative estimate of drug-likeness (QED) is 0.836. The van der Waals surface area contributed by atoms with E-state index in [1.807, 2.05) is 6.92 Å². The fourth-order valence-corrected chi connectivity index (χ4v) is 1.87. The minimum absolute atomic E-state index is 0.0136. The molecule has 0 heterocycles. The van der Waals surface area contributed by atoms with E-state index >= 15 is 0 Å². The molecule has 1 rings (SSSR count). The number of methoxy groups -OCH3 is 1. The van der Waals surface area contributed by atoms with E-state index in [0.29, 0.717) is 5.92 Å². The van der Waals surface area contributed by atoms with Gasteiger partial charge in [0.1, 0.15) is 0 Å². The van der Waals surface area contributed by atoms with Crippen molar-refractivity contribution in [3.05, 3.63) is 23.8 Å². The first-order valence-electron chi connectivity index (χ1n) is 6.94. The zero-order chi connectivity index (χ0) is 16.0. The van der Waals surface area contributed by atoms with Crippen molar-refractivity contribution in [3.63, 3.8) is 0 Å². The van der Waals surface area contributed by atoms with Crippen LogP contribution in [0.15, 0.2) is 12.1 Å². The molecule has 0 fully saturated rings. The lowest BCUT2D eigenvalue weighted by atomic mass is 10.0. The van der Waals surface area contributed by atoms with Crippen LogP contribution >= 0.6 is 0 Å². The fraction of sp³-hybridized carbons (Fsp3) is 0.533. The number of carbonyl (C=O) groups is 1.